The van der Waals surface area contributed by atoms with Crippen LogP contribution in [0.15, 0.2) is 54.6 Å². The lowest BCUT2D eigenvalue weighted by atomic mass is 9.96. The van der Waals surface area contributed by atoms with E-state index in [1.165, 1.54) is 0 Å². The van der Waals surface area contributed by atoms with E-state index in [0.717, 1.165) is 0 Å². The van der Waals surface area contributed by atoms with Crippen molar-refractivity contribution < 1.29 is 24.2 Å². The van der Waals surface area contributed by atoms with Gasteiger partial charge in [0.1, 0.15) is 18.5 Å². The molecule has 5 heteroatoms. The lowest BCUT2D eigenvalue weighted by Gasteiger charge is -2.27. The van der Waals surface area contributed by atoms with Crippen molar-refractivity contribution in [1.82, 2.24) is 0 Å². The molecule has 0 saturated heterocycles. The highest BCUT2D eigenvalue weighted by molar-refractivity contribution is 6.08. The first-order valence-corrected chi connectivity index (χ1v) is 9.95. The number of carbonyl (C=O) groups excluding carboxylic acids is 2. The van der Waals surface area contributed by atoms with Gasteiger partial charge in [-0.25, -0.2) is 0 Å². The number of hydrogen-bond donors (Lipinski definition) is 1. The predicted molar refractivity (Wildman–Crippen MR) is 112 cm³/mol. The highest BCUT2D eigenvalue weighted by Gasteiger charge is 2.24. The van der Waals surface area contributed by atoms with Gasteiger partial charge in [-0.15, -0.1) is 0 Å². The number of carbonyl (C=O) groups is 2. The molecule has 156 valence electrons. The van der Waals surface area contributed by atoms with Crippen molar-refractivity contribution in [1.29, 1.82) is 0 Å². The molecule has 0 aromatic heterocycles. The Kier molecular flexibility index (Phi) is 8.11. The number of ether oxygens (including phenoxy) is 2. The Morgan fingerprint density at radius 2 is 1.59 bits per heavy atom. The monoisotopic (exact) mass is 398 g/mol. The van der Waals surface area contributed by atoms with Crippen LogP contribution in [0.4, 0.5) is 0 Å². The zero-order valence-corrected chi connectivity index (χ0v) is 17.6. The van der Waals surface area contributed by atoms with Gasteiger partial charge in [-0.1, -0.05) is 37.3 Å². The van der Waals surface area contributed by atoms with E-state index in [4.69, 9.17) is 9.47 Å². The van der Waals surface area contributed by atoms with Crippen molar-refractivity contribution in [3.8, 4) is 5.75 Å². The minimum absolute atomic E-state index is 0.0628. The Bertz CT molecular complexity index is 796. The van der Waals surface area contributed by atoms with Crippen LogP contribution in [0, 0.1) is 0 Å². The lowest BCUT2D eigenvalue weighted by molar-refractivity contribution is -0.137. The first-order valence-electron chi connectivity index (χ1n) is 9.95. The van der Waals surface area contributed by atoms with Crippen LogP contribution < -0.4 is 4.74 Å². The van der Waals surface area contributed by atoms with Crippen LogP contribution in [0.2, 0.25) is 0 Å². The maximum absolute atomic E-state index is 12.4. The van der Waals surface area contributed by atoms with Crippen LogP contribution in [0.3, 0.4) is 0 Å². The predicted octanol–water partition coefficient (Wildman–Crippen LogP) is 4.21. The van der Waals surface area contributed by atoms with Crippen LogP contribution in [-0.4, -0.2) is 41.1 Å². The number of aliphatic hydroxyl groups is 1. The van der Waals surface area contributed by atoms with Crippen LogP contribution in [-0.2, 0) is 9.53 Å². The van der Waals surface area contributed by atoms with Gasteiger partial charge in [-0.05, 0) is 51.5 Å². The summed E-state index contributed by atoms with van der Waals surface area (Å²) in [5.41, 5.74) is 0.374. The van der Waals surface area contributed by atoms with E-state index >= 15 is 0 Å². The molecular formula is C24H30O5. The average molecular weight is 398 g/mol. The molecule has 3 atom stereocenters. The Hall–Kier alpha value is -2.50. The zero-order valence-electron chi connectivity index (χ0n) is 17.6. The Labute approximate surface area is 172 Å². The largest absolute Gasteiger partial charge is 0.486 e. The summed E-state index contributed by atoms with van der Waals surface area (Å²) >= 11 is 0. The highest BCUT2D eigenvalue weighted by Crippen LogP contribution is 2.19. The van der Waals surface area contributed by atoms with Gasteiger partial charge in [-0.3, -0.25) is 9.59 Å². The molecular weight excluding hydrogens is 368 g/mol. The van der Waals surface area contributed by atoms with E-state index in [0.29, 0.717) is 29.7 Å². The fraction of sp³-hybridized carbons (Fsp3) is 0.417. The van der Waals surface area contributed by atoms with Crippen LogP contribution in [0.5, 0.6) is 5.75 Å². The molecule has 0 aliphatic heterocycles. The summed E-state index contributed by atoms with van der Waals surface area (Å²) in [6, 6.07) is 15.8. The minimum Gasteiger partial charge on any atom is -0.486 e. The summed E-state index contributed by atoms with van der Waals surface area (Å²) in [6.07, 6.45) is 0.206. The fourth-order valence-corrected chi connectivity index (χ4v) is 2.97. The smallest absolute Gasteiger partial charge is 0.198 e. The molecule has 2 aromatic rings. The van der Waals surface area contributed by atoms with Gasteiger partial charge < -0.3 is 14.6 Å². The average Bonchev–Trinajstić information content (AvgIpc) is 2.72. The number of Topliss-reactive ketones (excluding diaryl/α,β-unsaturated/α-hetero) is 1. The molecule has 5 nitrogen and oxygen atoms in total. The third-order valence-corrected chi connectivity index (χ3v) is 4.91. The van der Waals surface area contributed by atoms with Gasteiger partial charge in [0, 0.05) is 17.5 Å². The summed E-state index contributed by atoms with van der Waals surface area (Å²) in [7, 11) is 0. The Balaban J connectivity index is 1.84. The molecule has 0 bridgehead atoms. The SMILES string of the molecule is CCC(C)(O)CC(C)O[C@@H](C)C(=O)COc1ccc(C(=O)c2ccccc2)cc1. The molecule has 0 heterocycles. The van der Waals surface area contributed by atoms with Gasteiger partial charge in [0.2, 0.25) is 0 Å². The summed E-state index contributed by atoms with van der Waals surface area (Å²) in [5.74, 6) is 0.266. The third kappa shape index (κ3) is 7.11. The summed E-state index contributed by atoms with van der Waals surface area (Å²) < 4.78 is 11.2. The van der Waals surface area contributed by atoms with Crippen LogP contribution in [0.25, 0.3) is 0 Å². The number of rotatable bonds is 11. The van der Waals surface area contributed by atoms with Crippen molar-refractivity contribution in [3.63, 3.8) is 0 Å². The third-order valence-electron chi connectivity index (χ3n) is 4.91. The van der Waals surface area contributed by atoms with Crippen LogP contribution >= 0.6 is 0 Å². The standard InChI is InChI=1S/C24H30O5/c1-5-24(4,27)15-17(2)29-18(3)22(25)16-28-21-13-11-20(12-14-21)23(26)19-9-7-6-8-10-19/h6-14,17-18,27H,5,15-16H2,1-4H3/t17?,18-,24?/m0/s1. The highest BCUT2D eigenvalue weighted by atomic mass is 16.5. The van der Waals surface area contributed by atoms with Crippen molar-refractivity contribution in [2.45, 2.75) is 58.3 Å². The first kappa shape index (κ1) is 22.8. The number of hydrogen-bond acceptors (Lipinski definition) is 5. The lowest BCUT2D eigenvalue weighted by Crippen LogP contribution is -2.34. The molecule has 0 radical (unpaired) electrons. The molecule has 0 saturated carbocycles. The van der Waals surface area contributed by atoms with E-state index < -0.39 is 11.7 Å². The Morgan fingerprint density at radius 1 is 1.00 bits per heavy atom. The molecule has 2 rings (SSSR count). The molecule has 1 N–H and O–H groups in total. The second-order valence-corrected chi connectivity index (χ2v) is 7.62. The van der Waals surface area contributed by atoms with E-state index in [1.54, 1.807) is 50.2 Å². The summed E-state index contributed by atoms with van der Waals surface area (Å²) in [5, 5.41) is 10.1. The summed E-state index contributed by atoms with van der Waals surface area (Å²) in [4.78, 5) is 24.7. The van der Waals surface area contributed by atoms with E-state index in [1.807, 2.05) is 32.0 Å². The van der Waals surface area contributed by atoms with Crippen molar-refractivity contribution >= 4 is 11.6 Å². The maximum atomic E-state index is 12.4. The Morgan fingerprint density at radius 3 is 2.17 bits per heavy atom. The molecule has 29 heavy (non-hydrogen) atoms. The topological polar surface area (TPSA) is 72.8 Å². The molecule has 2 aromatic carbocycles. The van der Waals surface area contributed by atoms with E-state index in [-0.39, 0.29) is 24.3 Å². The molecule has 0 spiro atoms. The summed E-state index contributed by atoms with van der Waals surface area (Å²) in [6.45, 7) is 7.08. The molecule has 0 aliphatic rings. The molecule has 0 aliphatic carbocycles. The van der Waals surface area contributed by atoms with Crippen molar-refractivity contribution in [2.24, 2.45) is 0 Å². The second kappa shape index (κ2) is 10.3. The van der Waals surface area contributed by atoms with Gasteiger partial charge in [0.05, 0.1) is 11.7 Å². The quantitative estimate of drug-likeness (QED) is 0.574. The minimum atomic E-state index is -0.808. The zero-order chi connectivity index (χ0) is 21.4. The maximum Gasteiger partial charge on any atom is 0.198 e. The van der Waals surface area contributed by atoms with E-state index in [2.05, 4.69) is 0 Å². The van der Waals surface area contributed by atoms with Crippen LogP contribution in [0.1, 0.15) is 56.5 Å². The molecule has 0 fully saturated rings. The molecule has 0 amide bonds. The first-order chi connectivity index (χ1) is 13.7. The van der Waals surface area contributed by atoms with E-state index in [9.17, 15) is 14.7 Å². The van der Waals surface area contributed by atoms with Gasteiger partial charge in [-0.2, -0.15) is 0 Å². The second-order valence-electron chi connectivity index (χ2n) is 7.62. The number of benzene rings is 2. The number of ketones is 2. The fourth-order valence-electron chi connectivity index (χ4n) is 2.97. The van der Waals surface area contributed by atoms with Crippen molar-refractivity contribution in [3.05, 3.63) is 65.7 Å². The molecule has 2 unspecified atom stereocenters. The van der Waals surface area contributed by atoms with Gasteiger partial charge in [0.15, 0.2) is 11.6 Å². The van der Waals surface area contributed by atoms with Gasteiger partial charge in [0.25, 0.3) is 0 Å². The normalized spacial score (nSPS) is 15.2. The van der Waals surface area contributed by atoms with Crippen molar-refractivity contribution in [2.75, 3.05) is 6.61 Å². The van der Waals surface area contributed by atoms with Gasteiger partial charge >= 0.3 is 0 Å².